The Morgan fingerprint density at radius 2 is 2.18 bits per heavy atom. The number of carbonyl (C=O) groups is 2. The van der Waals surface area contributed by atoms with E-state index in [0.717, 1.165) is 0 Å². The summed E-state index contributed by atoms with van der Waals surface area (Å²) in [7, 11) is 1.52. The minimum Gasteiger partial charge on any atom is -0.335 e. The lowest BCUT2D eigenvalue weighted by molar-refractivity contribution is -0.132. The number of carbonyl (C=O) groups excluding carboxylic acids is 2. The van der Waals surface area contributed by atoms with Gasteiger partial charge in [0.2, 0.25) is 11.8 Å². The molecule has 0 aromatic heterocycles. The van der Waals surface area contributed by atoms with Crippen LogP contribution in [0.25, 0.3) is 0 Å². The maximum absolute atomic E-state index is 11.6. The fourth-order valence-corrected chi connectivity index (χ4v) is 1.42. The Kier molecular flexibility index (Phi) is 4.93. The number of anilines is 1. The van der Waals surface area contributed by atoms with Crippen molar-refractivity contribution in [1.82, 2.24) is 4.90 Å². The van der Waals surface area contributed by atoms with Crippen molar-refractivity contribution in [2.75, 3.05) is 25.5 Å². The molecule has 0 heterocycles. The normalized spacial score (nSPS) is 9.82. The number of hydrogen-bond donors (Lipinski definition) is 2. The fourth-order valence-electron chi connectivity index (χ4n) is 1.23. The van der Waals surface area contributed by atoms with Crippen molar-refractivity contribution in [3.8, 4) is 0 Å². The lowest BCUT2D eigenvalue weighted by Gasteiger charge is -2.15. The van der Waals surface area contributed by atoms with Crippen molar-refractivity contribution in [2.45, 2.75) is 0 Å². The van der Waals surface area contributed by atoms with Crippen LogP contribution >= 0.6 is 11.6 Å². The van der Waals surface area contributed by atoms with Gasteiger partial charge in [0.05, 0.1) is 13.1 Å². The molecule has 0 aliphatic heterocycles. The molecule has 0 bridgehead atoms. The second-order valence-corrected chi connectivity index (χ2v) is 3.95. The zero-order chi connectivity index (χ0) is 12.8. The van der Waals surface area contributed by atoms with E-state index in [0.29, 0.717) is 10.7 Å². The highest BCUT2D eigenvalue weighted by molar-refractivity contribution is 6.30. The first-order valence-electron chi connectivity index (χ1n) is 5.02. The van der Waals surface area contributed by atoms with E-state index in [1.165, 1.54) is 11.9 Å². The Labute approximate surface area is 105 Å². The van der Waals surface area contributed by atoms with Gasteiger partial charge >= 0.3 is 0 Å². The number of nitrogens with zero attached hydrogens (tertiary/aromatic N) is 1. The Hall–Kier alpha value is -1.59. The molecule has 0 saturated carbocycles. The van der Waals surface area contributed by atoms with Crippen molar-refractivity contribution in [2.24, 2.45) is 5.73 Å². The summed E-state index contributed by atoms with van der Waals surface area (Å²) in [5.41, 5.74) is 5.77. The van der Waals surface area contributed by atoms with Crippen molar-refractivity contribution in [1.29, 1.82) is 0 Å². The number of amides is 2. The number of rotatable bonds is 4. The summed E-state index contributed by atoms with van der Waals surface area (Å²) in [5.74, 6) is -0.581. The van der Waals surface area contributed by atoms with Gasteiger partial charge in [0.15, 0.2) is 0 Å². The first kappa shape index (κ1) is 13.5. The second-order valence-electron chi connectivity index (χ2n) is 3.51. The minimum atomic E-state index is -0.295. The highest BCUT2D eigenvalue weighted by Crippen LogP contribution is 2.14. The first-order valence-corrected chi connectivity index (χ1v) is 5.40. The zero-order valence-corrected chi connectivity index (χ0v) is 10.2. The molecule has 3 N–H and O–H groups in total. The van der Waals surface area contributed by atoms with Gasteiger partial charge in [0.1, 0.15) is 0 Å². The summed E-state index contributed by atoms with van der Waals surface area (Å²) < 4.78 is 0. The van der Waals surface area contributed by atoms with Crippen molar-refractivity contribution >= 4 is 29.1 Å². The van der Waals surface area contributed by atoms with Crippen molar-refractivity contribution in [3.05, 3.63) is 29.3 Å². The highest BCUT2D eigenvalue weighted by atomic mass is 35.5. The van der Waals surface area contributed by atoms with E-state index in [-0.39, 0.29) is 24.9 Å². The molecule has 0 saturated heterocycles. The molecule has 0 unspecified atom stereocenters. The van der Waals surface area contributed by atoms with Crippen molar-refractivity contribution < 1.29 is 9.59 Å². The third-order valence-electron chi connectivity index (χ3n) is 2.09. The van der Waals surface area contributed by atoms with E-state index in [2.05, 4.69) is 5.32 Å². The van der Waals surface area contributed by atoms with Gasteiger partial charge in [-0.1, -0.05) is 17.7 Å². The maximum Gasteiger partial charge on any atom is 0.243 e. The van der Waals surface area contributed by atoms with Crippen LogP contribution in [-0.2, 0) is 9.59 Å². The van der Waals surface area contributed by atoms with Crippen LogP contribution in [0.4, 0.5) is 5.69 Å². The Morgan fingerprint density at radius 3 is 2.76 bits per heavy atom. The van der Waals surface area contributed by atoms with Crippen LogP contribution in [0.2, 0.25) is 5.02 Å². The minimum absolute atomic E-state index is 0.0391. The van der Waals surface area contributed by atoms with Gasteiger partial charge in [-0.15, -0.1) is 0 Å². The summed E-state index contributed by atoms with van der Waals surface area (Å²) in [5, 5.41) is 3.17. The maximum atomic E-state index is 11.6. The van der Waals surface area contributed by atoms with Gasteiger partial charge in [0, 0.05) is 17.8 Å². The third-order valence-corrected chi connectivity index (χ3v) is 2.32. The monoisotopic (exact) mass is 255 g/mol. The predicted molar refractivity (Wildman–Crippen MR) is 66.8 cm³/mol. The molecule has 5 nitrogen and oxygen atoms in total. The molecule has 17 heavy (non-hydrogen) atoms. The summed E-state index contributed by atoms with van der Waals surface area (Å²) >= 11 is 5.77. The molecule has 0 aliphatic carbocycles. The van der Waals surface area contributed by atoms with E-state index in [1.807, 2.05) is 0 Å². The number of hydrogen-bond acceptors (Lipinski definition) is 3. The lowest BCUT2D eigenvalue weighted by Crippen LogP contribution is -2.38. The van der Waals surface area contributed by atoms with Gasteiger partial charge in [-0.3, -0.25) is 9.59 Å². The quantitative estimate of drug-likeness (QED) is 0.831. The summed E-state index contributed by atoms with van der Waals surface area (Å²) in [6.07, 6.45) is 0. The van der Waals surface area contributed by atoms with Crippen LogP contribution < -0.4 is 11.1 Å². The van der Waals surface area contributed by atoms with E-state index < -0.39 is 0 Å². The number of likely N-dealkylation sites (N-methyl/N-ethyl adjacent to an activating group) is 1. The van der Waals surface area contributed by atoms with Gasteiger partial charge in [0.25, 0.3) is 0 Å². The molecule has 2 amide bonds. The van der Waals surface area contributed by atoms with E-state index in [9.17, 15) is 9.59 Å². The van der Waals surface area contributed by atoms with E-state index >= 15 is 0 Å². The molecular weight excluding hydrogens is 242 g/mol. The van der Waals surface area contributed by atoms with Crippen LogP contribution in [0.15, 0.2) is 24.3 Å². The number of halogens is 1. The van der Waals surface area contributed by atoms with Crippen molar-refractivity contribution in [3.63, 3.8) is 0 Å². The average molecular weight is 256 g/mol. The van der Waals surface area contributed by atoms with Gasteiger partial charge in [-0.05, 0) is 18.2 Å². The summed E-state index contributed by atoms with van der Waals surface area (Å²) in [4.78, 5) is 24.0. The molecule has 1 aromatic carbocycles. The molecule has 0 aliphatic rings. The van der Waals surface area contributed by atoms with Gasteiger partial charge in [-0.2, -0.15) is 0 Å². The number of nitrogens with two attached hydrogens (primary N) is 1. The molecule has 1 rings (SSSR count). The molecule has 6 heteroatoms. The number of nitrogens with one attached hydrogen (secondary N) is 1. The fraction of sp³-hybridized carbons (Fsp3) is 0.273. The van der Waals surface area contributed by atoms with E-state index in [1.54, 1.807) is 24.3 Å². The van der Waals surface area contributed by atoms with Gasteiger partial charge < -0.3 is 16.0 Å². The first-order chi connectivity index (χ1) is 8.02. The largest absolute Gasteiger partial charge is 0.335 e. The van der Waals surface area contributed by atoms with Crippen LogP contribution in [0.3, 0.4) is 0 Å². The second kappa shape index (κ2) is 6.22. The average Bonchev–Trinajstić information content (AvgIpc) is 2.27. The Morgan fingerprint density at radius 1 is 1.47 bits per heavy atom. The Balaban J connectivity index is 2.53. The lowest BCUT2D eigenvalue weighted by atomic mass is 10.3. The van der Waals surface area contributed by atoms with Gasteiger partial charge in [-0.25, -0.2) is 0 Å². The molecule has 92 valence electrons. The molecular formula is C11H14ClN3O2. The molecule has 1 aromatic rings. The summed E-state index contributed by atoms with van der Waals surface area (Å²) in [6, 6.07) is 6.78. The number of benzene rings is 1. The molecule has 0 radical (unpaired) electrons. The van der Waals surface area contributed by atoms with E-state index in [4.69, 9.17) is 17.3 Å². The highest BCUT2D eigenvalue weighted by Gasteiger charge is 2.11. The Bertz CT molecular complexity index is 423. The third kappa shape index (κ3) is 4.42. The topological polar surface area (TPSA) is 75.4 Å². The molecule has 0 spiro atoms. The SMILES string of the molecule is CN(CC(=O)Nc1cccc(Cl)c1)C(=O)CN. The smallest absolute Gasteiger partial charge is 0.243 e. The zero-order valence-electron chi connectivity index (χ0n) is 9.44. The summed E-state index contributed by atoms with van der Waals surface area (Å²) in [6.45, 7) is -0.149. The van der Waals surface area contributed by atoms with Crippen LogP contribution in [-0.4, -0.2) is 36.9 Å². The molecule has 0 atom stereocenters. The predicted octanol–water partition coefficient (Wildman–Crippen LogP) is 0.696. The van der Waals surface area contributed by atoms with Crippen LogP contribution in [0, 0.1) is 0 Å². The molecule has 0 fully saturated rings. The van der Waals surface area contributed by atoms with Crippen LogP contribution in [0.5, 0.6) is 0 Å². The standard InChI is InChI=1S/C11H14ClN3O2/c1-15(11(17)6-13)7-10(16)14-9-4-2-3-8(12)5-9/h2-5H,6-7,13H2,1H3,(H,14,16). The van der Waals surface area contributed by atoms with Crippen LogP contribution in [0.1, 0.15) is 0 Å².